The average molecular weight is 386 g/mol. The number of hydrogen-bond donors (Lipinski definition) is 0. The van der Waals surface area contributed by atoms with Gasteiger partial charge in [-0.1, -0.05) is 27.5 Å². The first-order valence-corrected chi connectivity index (χ1v) is 8.99. The molecule has 1 atom stereocenters. The highest BCUT2D eigenvalue weighted by Gasteiger charge is 2.39. The molecule has 0 radical (unpaired) electrons. The second-order valence-electron chi connectivity index (χ2n) is 4.97. The van der Waals surface area contributed by atoms with Gasteiger partial charge in [0.25, 0.3) is 0 Å². The Balaban J connectivity index is 3.41. The monoisotopic (exact) mass is 384 g/mol. The summed E-state index contributed by atoms with van der Waals surface area (Å²) in [5, 5.41) is 0.418. The summed E-state index contributed by atoms with van der Waals surface area (Å²) in [6.45, 7) is 3.30. The van der Waals surface area contributed by atoms with Crippen LogP contribution < -0.4 is 9.47 Å². The Bertz CT molecular complexity index is 599. The van der Waals surface area contributed by atoms with Crippen molar-refractivity contribution in [3.05, 3.63) is 22.7 Å². The number of alkyl halides is 1. The number of sulfone groups is 1. The van der Waals surface area contributed by atoms with E-state index in [-0.39, 0.29) is 0 Å². The molecule has 0 N–H and O–H groups in total. The Hall–Kier alpha value is -0.460. The van der Waals surface area contributed by atoms with Crippen molar-refractivity contribution in [1.29, 1.82) is 0 Å². The van der Waals surface area contributed by atoms with Crippen molar-refractivity contribution in [2.75, 3.05) is 20.5 Å². The van der Waals surface area contributed by atoms with Crippen LogP contribution >= 0.6 is 27.5 Å². The summed E-state index contributed by atoms with van der Waals surface area (Å²) in [6.07, 6.45) is 1.20. The van der Waals surface area contributed by atoms with Gasteiger partial charge in [0.2, 0.25) is 0 Å². The van der Waals surface area contributed by atoms with Gasteiger partial charge in [0.05, 0.1) is 23.8 Å². The maximum Gasteiger partial charge on any atom is 0.162 e. The predicted octanol–water partition coefficient (Wildman–Crippen LogP) is 3.62. The second-order valence-corrected chi connectivity index (χ2v) is 8.89. The lowest BCUT2D eigenvalue weighted by molar-refractivity contribution is 0.354. The van der Waals surface area contributed by atoms with E-state index in [0.717, 1.165) is 0 Å². The lowest BCUT2D eigenvalue weighted by atomic mass is 10.0. The first-order valence-electron chi connectivity index (χ1n) is 5.81. The molecule has 7 heteroatoms. The van der Waals surface area contributed by atoms with E-state index in [9.17, 15) is 8.42 Å². The fraction of sp³-hybridized carbons (Fsp3) is 0.538. The van der Waals surface area contributed by atoms with Gasteiger partial charge in [-0.15, -0.1) is 0 Å². The summed E-state index contributed by atoms with van der Waals surface area (Å²) < 4.78 is 33.2. The number of methoxy groups -OCH3 is 2. The van der Waals surface area contributed by atoms with Crippen LogP contribution in [0, 0.1) is 0 Å². The van der Waals surface area contributed by atoms with Crippen LogP contribution in [-0.4, -0.2) is 33.6 Å². The molecular formula is C13H18BrClO4S. The van der Waals surface area contributed by atoms with Crippen LogP contribution in [0.25, 0.3) is 0 Å². The molecule has 0 heterocycles. The topological polar surface area (TPSA) is 52.6 Å². The van der Waals surface area contributed by atoms with Crippen LogP contribution in [-0.2, 0) is 9.84 Å². The Kier molecular flexibility index (Phi) is 5.38. The molecule has 0 bridgehead atoms. The van der Waals surface area contributed by atoms with Gasteiger partial charge >= 0.3 is 0 Å². The van der Waals surface area contributed by atoms with E-state index in [1.54, 1.807) is 26.0 Å². The molecule has 20 heavy (non-hydrogen) atoms. The molecule has 0 aliphatic heterocycles. The quantitative estimate of drug-likeness (QED) is 0.727. The van der Waals surface area contributed by atoms with E-state index in [2.05, 4.69) is 15.9 Å². The largest absolute Gasteiger partial charge is 0.493 e. The summed E-state index contributed by atoms with van der Waals surface area (Å²) in [4.78, 5) is -0.475. The highest BCUT2D eigenvalue weighted by molar-refractivity contribution is 9.09. The fourth-order valence-electron chi connectivity index (χ4n) is 1.63. The SMILES string of the molecule is COc1cc(Cl)c(C(Br)C(C)(C)S(C)(=O)=O)cc1OC. The lowest BCUT2D eigenvalue weighted by Crippen LogP contribution is -2.35. The van der Waals surface area contributed by atoms with Gasteiger partial charge in [0.15, 0.2) is 21.3 Å². The van der Waals surface area contributed by atoms with Crippen molar-refractivity contribution in [3.8, 4) is 11.5 Å². The first-order chi connectivity index (χ1) is 9.06. The summed E-state index contributed by atoms with van der Waals surface area (Å²) in [5.74, 6) is 0.999. The molecule has 0 saturated carbocycles. The Morgan fingerprint density at radius 3 is 2.05 bits per heavy atom. The summed E-state index contributed by atoms with van der Waals surface area (Å²) in [6, 6.07) is 3.30. The second kappa shape index (κ2) is 6.12. The van der Waals surface area contributed by atoms with Crippen molar-refractivity contribution in [2.24, 2.45) is 0 Å². The van der Waals surface area contributed by atoms with Gasteiger partial charge in [0.1, 0.15) is 0 Å². The Morgan fingerprint density at radius 2 is 1.65 bits per heavy atom. The van der Waals surface area contributed by atoms with E-state index < -0.39 is 19.4 Å². The lowest BCUT2D eigenvalue weighted by Gasteiger charge is -2.29. The van der Waals surface area contributed by atoms with E-state index in [4.69, 9.17) is 21.1 Å². The smallest absolute Gasteiger partial charge is 0.162 e. The zero-order valence-corrected chi connectivity index (χ0v) is 15.2. The third-order valence-corrected chi connectivity index (χ3v) is 7.76. The van der Waals surface area contributed by atoms with Gasteiger partial charge in [-0.25, -0.2) is 8.42 Å². The maximum absolute atomic E-state index is 11.9. The third-order valence-electron chi connectivity index (χ3n) is 3.34. The molecule has 1 rings (SSSR count). The molecule has 0 aliphatic carbocycles. The molecule has 0 aliphatic rings. The van der Waals surface area contributed by atoms with E-state index in [0.29, 0.717) is 22.1 Å². The maximum atomic E-state index is 11.9. The molecule has 4 nitrogen and oxygen atoms in total. The molecule has 0 saturated heterocycles. The van der Waals surface area contributed by atoms with Crippen LogP contribution in [0.1, 0.15) is 24.2 Å². The van der Waals surface area contributed by atoms with E-state index >= 15 is 0 Å². The molecule has 0 spiro atoms. The highest BCUT2D eigenvalue weighted by Crippen LogP contribution is 2.45. The number of ether oxygens (including phenoxy) is 2. The summed E-state index contributed by atoms with van der Waals surface area (Å²) in [7, 11) is -0.251. The normalized spacial score (nSPS) is 13.9. The number of halogens is 2. The highest BCUT2D eigenvalue weighted by atomic mass is 79.9. The number of benzene rings is 1. The van der Waals surface area contributed by atoms with Crippen LogP contribution in [0.4, 0.5) is 0 Å². The van der Waals surface area contributed by atoms with Crippen LogP contribution in [0.15, 0.2) is 12.1 Å². The standard InChI is InChI=1S/C13H18BrClO4S/c1-13(2,20(5,16)17)12(14)8-6-10(18-3)11(19-4)7-9(8)15/h6-7,12H,1-5H3. The van der Waals surface area contributed by atoms with Crippen molar-refractivity contribution in [3.63, 3.8) is 0 Å². The van der Waals surface area contributed by atoms with Gasteiger partial charge in [0, 0.05) is 17.3 Å². The first kappa shape index (κ1) is 17.6. The van der Waals surface area contributed by atoms with Gasteiger partial charge in [-0.3, -0.25) is 0 Å². The Labute approximate surface area is 133 Å². The van der Waals surface area contributed by atoms with Crippen LogP contribution in [0.3, 0.4) is 0 Å². The fourth-order valence-corrected chi connectivity index (χ4v) is 3.92. The van der Waals surface area contributed by atoms with Crippen molar-refractivity contribution < 1.29 is 17.9 Å². The summed E-state index contributed by atoms with van der Waals surface area (Å²) >= 11 is 9.67. The predicted molar refractivity (Wildman–Crippen MR) is 85.1 cm³/mol. The van der Waals surface area contributed by atoms with Gasteiger partial charge < -0.3 is 9.47 Å². The molecule has 0 fully saturated rings. The zero-order chi connectivity index (χ0) is 15.7. The molecule has 114 valence electrons. The average Bonchev–Trinajstić information content (AvgIpc) is 2.36. The minimum Gasteiger partial charge on any atom is -0.493 e. The molecule has 0 aromatic heterocycles. The van der Waals surface area contributed by atoms with Crippen LogP contribution in [0.5, 0.6) is 11.5 Å². The van der Waals surface area contributed by atoms with Crippen molar-refractivity contribution in [1.82, 2.24) is 0 Å². The Morgan fingerprint density at radius 1 is 1.20 bits per heavy atom. The van der Waals surface area contributed by atoms with Crippen molar-refractivity contribution in [2.45, 2.75) is 23.4 Å². The van der Waals surface area contributed by atoms with Crippen molar-refractivity contribution >= 4 is 37.4 Å². The molecule has 1 aromatic rings. The number of rotatable bonds is 5. The molecule has 1 unspecified atom stereocenters. The van der Waals surface area contributed by atoms with E-state index in [1.807, 2.05) is 0 Å². The van der Waals surface area contributed by atoms with Gasteiger partial charge in [-0.05, 0) is 25.5 Å². The van der Waals surface area contributed by atoms with Gasteiger partial charge in [-0.2, -0.15) is 0 Å². The third kappa shape index (κ3) is 3.23. The minimum absolute atomic E-state index is 0.418. The van der Waals surface area contributed by atoms with Crippen LogP contribution in [0.2, 0.25) is 5.02 Å². The molecular weight excluding hydrogens is 368 g/mol. The molecule has 0 amide bonds. The number of hydrogen-bond acceptors (Lipinski definition) is 4. The molecule has 1 aromatic carbocycles. The zero-order valence-electron chi connectivity index (χ0n) is 12.0. The summed E-state index contributed by atoms with van der Waals surface area (Å²) in [5.41, 5.74) is 0.639. The van der Waals surface area contributed by atoms with E-state index in [1.165, 1.54) is 20.5 Å². The minimum atomic E-state index is -3.28.